The molecule has 4 rings (SSSR count). The molecule has 1 amide bonds. The Morgan fingerprint density at radius 2 is 1.81 bits per heavy atom. The van der Waals surface area contributed by atoms with Crippen molar-refractivity contribution in [1.82, 2.24) is 9.38 Å². The highest BCUT2D eigenvalue weighted by molar-refractivity contribution is 6.04. The Labute approximate surface area is 180 Å². The number of fused-ring (bicyclic) bond motifs is 1. The lowest BCUT2D eigenvalue weighted by atomic mass is 10.1. The summed E-state index contributed by atoms with van der Waals surface area (Å²) in [4.78, 5) is 29.4. The second kappa shape index (κ2) is 8.44. The summed E-state index contributed by atoms with van der Waals surface area (Å²) in [7, 11) is 0. The summed E-state index contributed by atoms with van der Waals surface area (Å²) in [5, 5.41) is 2.90. The molecular formula is C25H23N3O3. The van der Waals surface area contributed by atoms with Crippen molar-refractivity contribution in [1.29, 1.82) is 0 Å². The van der Waals surface area contributed by atoms with Gasteiger partial charge in [0.2, 0.25) is 0 Å². The van der Waals surface area contributed by atoms with Crippen molar-refractivity contribution in [2.45, 2.75) is 27.4 Å². The van der Waals surface area contributed by atoms with E-state index in [1.165, 1.54) is 10.5 Å². The molecule has 0 radical (unpaired) electrons. The number of ether oxygens (including phenoxy) is 1. The Bertz CT molecular complexity index is 1340. The topological polar surface area (TPSA) is 72.7 Å². The lowest BCUT2D eigenvalue weighted by Crippen LogP contribution is -2.16. The number of anilines is 1. The summed E-state index contributed by atoms with van der Waals surface area (Å²) in [6.45, 7) is 5.97. The number of hydrogen-bond acceptors (Lipinski definition) is 4. The number of nitrogens with one attached hydrogen (secondary N) is 1. The number of carbonyl (C=O) groups is 1. The predicted octanol–water partition coefficient (Wildman–Crippen LogP) is 4.45. The van der Waals surface area contributed by atoms with Crippen molar-refractivity contribution >= 4 is 17.2 Å². The number of hydrogen-bond donors (Lipinski definition) is 1. The molecule has 4 aromatic rings. The van der Waals surface area contributed by atoms with Gasteiger partial charge in [0.05, 0.1) is 5.69 Å². The van der Waals surface area contributed by atoms with Gasteiger partial charge in [0, 0.05) is 29.6 Å². The number of rotatable bonds is 5. The van der Waals surface area contributed by atoms with E-state index in [9.17, 15) is 9.59 Å². The highest BCUT2D eigenvalue weighted by Crippen LogP contribution is 2.24. The van der Waals surface area contributed by atoms with Crippen LogP contribution in [0.4, 0.5) is 5.69 Å². The van der Waals surface area contributed by atoms with Gasteiger partial charge in [0.1, 0.15) is 18.0 Å². The summed E-state index contributed by atoms with van der Waals surface area (Å²) >= 11 is 0. The zero-order valence-electron chi connectivity index (χ0n) is 17.7. The molecule has 2 aromatic heterocycles. The smallest absolute Gasteiger partial charge is 0.258 e. The van der Waals surface area contributed by atoms with Crippen molar-refractivity contribution in [2.75, 3.05) is 5.32 Å². The van der Waals surface area contributed by atoms with Crippen molar-refractivity contribution < 1.29 is 9.53 Å². The first-order chi connectivity index (χ1) is 14.9. The molecule has 0 bridgehead atoms. The number of amides is 1. The molecule has 2 heterocycles. The fourth-order valence-electron chi connectivity index (χ4n) is 3.30. The second-order valence-corrected chi connectivity index (χ2v) is 7.61. The standard InChI is InChI=1S/C25H23N3O3/c1-16-5-4-6-19(11-16)25(30)27-20-8-7-18(3)22(13-20)31-15-21-14-24(29)28-10-9-17(2)12-23(28)26-21/h4-14H,15H2,1-3H3,(H,27,30). The SMILES string of the molecule is Cc1cccc(C(=O)Nc2ccc(C)c(OCc3cc(=O)n4ccc(C)cc4n3)c2)c1. The van der Waals surface area contributed by atoms with Gasteiger partial charge in [0.25, 0.3) is 11.5 Å². The minimum absolute atomic E-state index is 0.149. The zero-order valence-corrected chi connectivity index (χ0v) is 17.7. The average molecular weight is 413 g/mol. The molecule has 0 aliphatic rings. The summed E-state index contributed by atoms with van der Waals surface area (Å²) in [6.07, 6.45) is 1.72. The molecular weight excluding hydrogens is 390 g/mol. The van der Waals surface area contributed by atoms with Crippen LogP contribution >= 0.6 is 0 Å². The molecule has 31 heavy (non-hydrogen) atoms. The molecule has 0 saturated carbocycles. The van der Waals surface area contributed by atoms with Gasteiger partial charge in [-0.15, -0.1) is 0 Å². The van der Waals surface area contributed by atoms with Crippen molar-refractivity contribution in [3.63, 3.8) is 0 Å². The van der Waals surface area contributed by atoms with E-state index in [4.69, 9.17) is 4.74 Å². The molecule has 0 atom stereocenters. The quantitative estimate of drug-likeness (QED) is 0.525. The van der Waals surface area contributed by atoms with Gasteiger partial charge in [0.15, 0.2) is 0 Å². The first-order valence-corrected chi connectivity index (χ1v) is 9.99. The Morgan fingerprint density at radius 3 is 2.61 bits per heavy atom. The Kier molecular flexibility index (Phi) is 5.54. The minimum Gasteiger partial charge on any atom is -0.487 e. The van der Waals surface area contributed by atoms with Crippen LogP contribution in [0.5, 0.6) is 5.75 Å². The maximum absolute atomic E-state index is 12.5. The summed E-state index contributed by atoms with van der Waals surface area (Å²) in [5.41, 5.74) is 5.17. The fraction of sp³-hybridized carbons (Fsp3) is 0.160. The van der Waals surface area contributed by atoms with Gasteiger partial charge in [-0.3, -0.25) is 14.0 Å². The van der Waals surface area contributed by atoms with Gasteiger partial charge in [-0.25, -0.2) is 4.98 Å². The van der Waals surface area contributed by atoms with Gasteiger partial charge in [-0.05, 0) is 62.2 Å². The molecule has 0 spiro atoms. The van der Waals surface area contributed by atoms with Gasteiger partial charge < -0.3 is 10.1 Å². The lowest BCUT2D eigenvalue weighted by Gasteiger charge is -2.12. The van der Waals surface area contributed by atoms with Crippen molar-refractivity contribution in [3.8, 4) is 5.75 Å². The van der Waals surface area contributed by atoms with E-state index in [1.54, 1.807) is 18.3 Å². The monoisotopic (exact) mass is 413 g/mol. The van der Waals surface area contributed by atoms with E-state index in [0.717, 1.165) is 16.7 Å². The van der Waals surface area contributed by atoms with Crippen LogP contribution in [0, 0.1) is 20.8 Å². The molecule has 156 valence electrons. The second-order valence-electron chi connectivity index (χ2n) is 7.61. The number of aromatic nitrogens is 2. The Morgan fingerprint density at radius 1 is 1.00 bits per heavy atom. The maximum atomic E-state index is 12.5. The van der Waals surface area contributed by atoms with Crippen LogP contribution in [-0.4, -0.2) is 15.3 Å². The van der Waals surface area contributed by atoms with E-state index in [1.807, 2.05) is 63.2 Å². The molecule has 0 fully saturated rings. The van der Waals surface area contributed by atoms with Crippen LogP contribution in [0.25, 0.3) is 5.65 Å². The van der Waals surface area contributed by atoms with Gasteiger partial charge in [-0.2, -0.15) is 0 Å². The number of carbonyl (C=O) groups excluding carboxylic acids is 1. The third-order valence-electron chi connectivity index (χ3n) is 4.98. The predicted molar refractivity (Wildman–Crippen MR) is 121 cm³/mol. The van der Waals surface area contributed by atoms with Gasteiger partial charge >= 0.3 is 0 Å². The third-order valence-corrected chi connectivity index (χ3v) is 4.98. The maximum Gasteiger partial charge on any atom is 0.258 e. The largest absolute Gasteiger partial charge is 0.487 e. The molecule has 6 nitrogen and oxygen atoms in total. The third kappa shape index (κ3) is 4.64. The summed E-state index contributed by atoms with van der Waals surface area (Å²) in [5.74, 6) is 0.436. The molecule has 0 aliphatic carbocycles. The highest BCUT2D eigenvalue weighted by Gasteiger charge is 2.09. The molecule has 0 saturated heterocycles. The summed E-state index contributed by atoms with van der Waals surface area (Å²) in [6, 6.07) is 18.1. The zero-order chi connectivity index (χ0) is 22.0. The first kappa shape index (κ1) is 20.3. The van der Waals surface area contributed by atoms with Crippen LogP contribution in [0.2, 0.25) is 0 Å². The Balaban J connectivity index is 1.52. The van der Waals surface area contributed by atoms with Crippen LogP contribution in [-0.2, 0) is 6.61 Å². The fourth-order valence-corrected chi connectivity index (χ4v) is 3.30. The number of nitrogens with zero attached hydrogens (tertiary/aromatic N) is 2. The van der Waals surface area contributed by atoms with E-state index >= 15 is 0 Å². The van der Waals surface area contributed by atoms with Gasteiger partial charge in [-0.1, -0.05) is 23.8 Å². The van der Waals surface area contributed by atoms with Crippen LogP contribution in [0.15, 0.2) is 71.7 Å². The molecule has 2 aromatic carbocycles. The van der Waals surface area contributed by atoms with Crippen molar-refractivity contribution in [3.05, 3.63) is 105 Å². The molecule has 6 heteroatoms. The molecule has 1 N–H and O–H groups in total. The van der Waals surface area contributed by atoms with E-state index < -0.39 is 0 Å². The highest BCUT2D eigenvalue weighted by atomic mass is 16.5. The number of aryl methyl sites for hydroxylation is 3. The van der Waals surface area contributed by atoms with Crippen LogP contribution in [0.3, 0.4) is 0 Å². The van der Waals surface area contributed by atoms with E-state index in [2.05, 4.69) is 10.3 Å². The number of benzene rings is 2. The minimum atomic E-state index is -0.182. The van der Waals surface area contributed by atoms with E-state index in [0.29, 0.717) is 28.3 Å². The molecule has 0 aliphatic heterocycles. The van der Waals surface area contributed by atoms with Crippen LogP contribution < -0.4 is 15.6 Å². The Hall–Kier alpha value is -3.93. The van der Waals surface area contributed by atoms with Crippen LogP contribution in [0.1, 0.15) is 32.7 Å². The average Bonchev–Trinajstić information content (AvgIpc) is 2.73. The lowest BCUT2D eigenvalue weighted by molar-refractivity contribution is 0.102. The number of pyridine rings is 1. The van der Waals surface area contributed by atoms with E-state index in [-0.39, 0.29) is 18.1 Å². The normalized spacial score (nSPS) is 10.8. The summed E-state index contributed by atoms with van der Waals surface area (Å²) < 4.78 is 7.45. The first-order valence-electron chi connectivity index (χ1n) is 9.99. The molecule has 0 unspecified atom stereocenters. The van der Waals surface area contributed by atoms with Crippen molar-refractivity contribution in [2.24, 2.45) is 0 Å².